The number of amides is 1. The van der Waals surface area contributed by atoms with Crippen LogP contribution >= 0.6 is 0 Å². The maximum atomic E-state index is 13.6. The SMILES string of the molecule is Cc1cc(C)c(Nc2cnc(C(=O)Nc3ccc(F)cc3F)cn2)c(C)c1. The third kappa shape index (κ3) is 4.25. The highest BCUT2D eigenvalue weighted by Crippen LogP contribution is 2.24. The number of carbonyl (C=O) groups excluding carboxylic acids is 1. The molecule has 0 aliphatic carbocycles. The molecule has 5 nitrogen and oxygen atoms in total. The fourth-order valence-corrected chi connectivity index (χ4v) is 2.79. The molecule has 138 valence electrons. The van der Waals surface area contributed by atoms with Crippen molar-refractivity contribution in [2.24, 2.45) is 0 Å². The molecule has 0 radical (unpaired) electrons. The number of halogens is 2. The smallest absolute Gasteiger partial charge is 0.275 e. The Bertz CT molecular complexity index is 980. The third-order valence-electron chi connectivity index (χ3n) is 3.99. The Morgan fingerprint density at radius 2 is 1.67 bits per heavy atom. The van der Waals surface area contributed by atoms with Gasteiger partial charge in [0.15, 0.2) is 0 Å². The molecule has 1 aromatic heterocycles. The molecule has 0 atom stereocenters. The number of hydrogen-bond donors (Lipinski definition) is 2. The normalized spacial score (nSPS) is 10.6. The molecule has 0 bridgehead atoms. The summed E-state index contributed by atoms with van der Waals surface area (Å²) >= 11 is 0. The first kappa shape index (κ1) is 18.4. The number of hydrogen-bond acceptors (Lipinski definition) is 4. The molecule has 0 saturated heterocycles. The van der Waals surface area contributed by atoms with Gasteiger partial charge < -0.3 is 10.6 Å². The predicted molar refractivity (Wildman–Crippen MR) is 100 cm³/mol. The highest BCUT2D eigenvalue weighted by atomic mass is 19.1. The first-order chi connectivity index (χ1) is 12.8. The van der Waals surface area contributed by atoms with Crippen molar-refractivity contribution in [1.29, 1.82) is 0 Å². The summed E-state index contributed by atoms with van der Waals surface area (Å²) in [7, 11) is 0. The van der Waals surface area contributed by atoms with Gasteiger partial charge in [0.2, 0.25) is 0 Å². The molecule has 7 heteroatoms. The van der Waals surface area contributed by atoms with Gasteiger partial charge in [0.05, 0.1) is 18.1 Å². The Kier molecular flexibility index (Phi) is 5.12. The monoisotopic (exact) mass is 368 g/mol. The second-order valence-corrected chi connectivity index (χ2v) is 6.26. The van der Waals surface area contributed by atoms with Crippen molar-refractivity contribution in [2.75, 3.05) is 10.6 Å². The Labute approximate surface area is 155 Å². The Hall–Kier alpha value is -3.35. The van der Waals surface area contributed by atoms with Gasteiger partial charge in [0.1, 0.15) is 23.1 Å². The summed E-state index contributed by atoms with van der Waals surface area (Å²) in [5, 5.41) is 5.54. The van der Waals surface area contributed by atoms with Gasteiger partial charge in [0, 0.05) is 11.8 Å². The van der Waals surface area contributed by atoms with Crippen molar-refractivity contribution in [3.8, 4) is 0 Å². The number of rotatable bonds is 4. The van der Waals surface area contributed by atoms with Crippen molar-refractivity contribution in [3.05, 3.63) is 76.7 Å². The molecule has 0 fully saturated rings. The van der Waals surface area contributed by atoms with Gasteiger partial charge in [-0.25, -0.2) is 18.7 Å². The van der Waals surface area contributed by atoms with Crippen LogP contribution in [0, 0.1) is 32.4 Å². The van der Waals surface area contributed by atoms with Crippen LogP contribution in [0.4, 0.5) is 26.0 Å². The van der Waals surface area contributed by atoms with Crippen LogP contribution in [0.25, 0.3) is 0 Å². The van der Waals surface area contributed by atoms with Crippen molar-refractivity contribution in [1.82, 2.24) is 9.97 Å². The van der Waals surface area contributed by atoms with Crippen LogP contribution in [0.5, 0.6) is 0 Å². The molecular formula is C20H18F2N4O. The number of nitrogens with one attached hydrogen (secondary N) is 2. The van der Waals surface area contributed by atoms with E-state index in [4.69, 9.17) is 0 Å². The highest BCUT2D eigenvalue weighted by Gasteiger charge is 2.12. The van der Waals surface area contributed by atoms with Gasteiger partial charge in [-0.2, -0.15) is 0 Å². The van der Waals surface area contributed by atoms with Crippen LogP contribution in [0.2, 0.25) is 0 Å². The summed E-state index contributed by atoms with van der Waals surface area (Å²) in [4.78, 5) is 20.4. The summed E-state index contributed by atoms with van der Waals surface area (Å²) in [6.07, 6.45) is 2.71. The van der Waals surface area contributed by atoms with E-state index in [0.717, 1.165) is 28.9 Å². The van der Waals surface area contributed by atoms with E-state index in [0.29, 0.717) is 11.9 Å². The van der Waals surface area contributed by atoms with E-state index in [-0.39, 0.29) is 11.4 Å². The summed E-state index contributed by atoms with van der Waals surface area (Å²) in [6, 6.07) is 7.02. The molecule has 3 aromatic rings. The number of nitrogens with zero attached hydrogens (tertiary/aromatic N) is 2. The fraction of sp³-hybridized carbons (Fsp3) is 0.150. The van der Waals surface area contributed by atoms with Crippen molar-refractivity contribution < 1.29 is 13.6 Å². The number of aromatic nitrogens is 2. The largest absolute Gasteiger partial charge is 0.339 e. The molecule has 0 saturated carbocycles. The average molecular weight is 368 g/mol. The molecular weight excluding hydrogens is 350 g/mol. The Morgan fingerprint density at radius 3 is 2.26 bits per heavy atom. The molecule has 0 unspecified atom stereocenters. The van der Waals surface area contributed by atoms with E-state index in [9.17, 15) is 13.6 Å². The molecule has 0 aliphatic heterocycles. The molecule has 27 heavy (non-hydrogen) atoms. The number of anilines is 3. The van der Waals surface area contributed by atoms with Gasteiger partial charge in [-0.3, -0.25) is 4.79 Å². The van der Waals surface area contributed by atoms with E-state index < -0.39 is 17.5 Å². The van der Waals surface area contributed by atoms with Crippen molar-refractivity contribution in [3.63, 3.8) is 0 Å². The molecule has 0 aliphatic rings. The minimum atomic E-state index is -0.861. The van der Waals surface area contributed by atoms with Gasteiger partial charge in [-0.05, 0) is 44.0 Å². The highest BCUT2D eigenvalue weighted by molar-refractivity contribution is 6.02. The minimum Gasteiger partial charge on any atom is -0.339 e. The standard InChI is InChI=1S/C20H18F2N4O/c1-11-6-12(2)19(13(3)7-11)26-18-10-23-17(9-24-18)20(27)25-16-5-4-14(21)8-15(16)22/h4-10H,1-3H3,(H,24,26)(H,25,27). The maximum Gasteiger partial charge on any atom is 0.275 e. The zero-order valence-electron chi connectivity index (χ0n) is 15.1. The summed E-state index contributed by atoms with van der Waals surface area (Å²) in [5.41, 5.74) is 4.13. The summed E-state index contributed by atoms with van der Waals surface area (Å²) in [6.45, 7) is 6.02. The number of benzene rings is 2. The zero-order valence-corrected chi connectivity index (χ0v) is 15.1. The van der Waals surface area contributed by atoms with E-state index >= 15 is 0 Å². The lowest BCUT2D eigenvalue weighted by Crippen LogP contribution is -2.15. The summed E-state index contributed by atoms with van der Waals surface area (Å²) in [5.74, 6) is -1.74. The van der Waals surface area contributed by atoms with Crippen LogP contribution in [0.3, 0.4) is 0 Å². The lowest BCUT2D eigenvalue weighted by molar-refractivity contribution is 0.102. The van der Waals surface area contributed by atoms with Crippen molar-refractivity contribution in [2.45, 2.75) is 20.8 Å². The predicted octanol–water partition coefficient (Wildman–Crippen LogP) is 4.68. The van der Waals surface area contributed by atoms with E-state index in [1.807, 2.05) is 20.8 Å². The topological polar surface area (TPSA) is 66.9 Å². The first-order valence-corrected chi connectivity index (χ1v) is 8.27. The zero-order chi connectivity index (χ0) is 19.6. The lowest BCUT2D eigenvalue weighted by atomic mass is 10.1. The van der Waals surface area contributed by atoms with Crippen LogP contribution in [-0.2, 0) is 0 Å². The number of carbonyl (C=O) groups is 1. The van der Waals surface area contributed by atoms with Gasteiger partial charge in [-0.15, -0.1) is 0 Å². The number of aryl methyl sites for hydroxylation is 3. The van der Waals surface area contributed by atoms with Gasteiger partial charge >= 0.3 is 0 Å². The molecule has 2 N–H and O–H groups in total. The minimum absolute atomic E-state index is 0.0154. The van der Waals surface area contributed by atoms with E-state index in [1.54, 1.807) is 0 Å². The molecule has 1 amide bonds. The first-order valence-electron chi connectivity index (χ1n) is 8.27. The fourth-order valence-electron chi connectivity index (χ4n) is 2.79. The van der Waals surface area contributed by atoms with Crippen molar-refractivity contribution >= 4 is 23.1 Å². The van der Waals surface area contributed by atoms with Gasteiger partial charge in [-0.1, -0.05) is 17.7 Å². The van der Waals surface area contributed by atoms with Crippen LogP contribution in [-0.4, -0.2) is 15.9 Å². The lowest BCUT2D eigenvalue weighted by Gasteiger charge is -2.13. The second-order valence-electron chi connectivity index (χ2n) is 6.26. The molecule has 1 heterocycles. The Balaban J connectivity index is 1.74. The van der Waals surface area contributed by atoms with E-state index in [2.05, 4.69) is 32.7 Å². The Morgan fingerprint density at radius 1 is 0.963 bits per heavy atom. The molecule has 2 aromatic carbocycles. The average Bonchev–Trinajstić information content (AvgIpc) is 2.61. The third-order valence-corrected chi connectivity index (χ3v) is 3.99. The molecule has 0 spiro atoms. The quantitative estimate of drug-likeness (QED) is 0.702. The maximum absolute atomic E-state index is 13.6. The van der Waals surface area contributed by atoms with Gasteiger partial charge in [0.25, 0.3) is 5.91 Å². The van der Waals surface area contributed by atoms with E-state index in [1.165, 1.54) is 18.0 Å². The van der Waals surface area contributed by atoms with Crippen LogP contribution < -0.4 is 10.6 Å². The second kappa shape index (κ2) is 7.49. The van der Waals surface area contributed by atoms with Crippen LogP contribution in [0.1, 0.15) is 27.2 Å². The molecule has 3 rings (SSSR count). The summed E-state index contributed by atoms with van der Waals surface area (Å²) < 4.78 is 26.6. The van der Waals surface area contributed by atoms with Crippen LogP contribution in [0.15, 0.2) is 42.7 Å².